The Morgan fingerprint density at radius 3 is 2.77 bits per heavy atom. The van der Waals surface area contributed by atoms with Gasteiger partial charge in [-0.1, -0.05) is 0 Å². The standard InChI is InChI=1S/C17H19N3OS.C9H10FN3/c21-9-14-7-12-1-2-15(18-16(12)22-14)19-6-3-13(8-19)20-10-17(11-20)4-5-17;1-6-4-13-5-7(11-2)3-8(10)9(13)12-6/h1-2,7,9,13H,3-6,8,10-11H2;3-5,11H,1-2H3. The molecule has 35 heavy (non-hydrogen) atoms. The van der Waals surface area contributed by atoms with Crippen LogP contribution in [-0.2, 0) is 0 Å². The van der Waals surface area contributed by atoms with E-state index >= 15 is 0 Å². The molecule has 2 aliphatic heterocycles. The lowest BCUT2D eigenvalue weighted by Gasteiger charge is -2.44. The van der Waals surface area contributed by atoms with E-state index in [0.717, 1.165) is 57.1 Å². The number of carbonyl (C=O) groups is 1. The summed E-state index contributed by atoms with van der Waals surface area (Å²) >= 11 is 1.48. The molecule has 182 valence electrons. The van der Waals surface area contributed by atoms with Crippen molar-refractivity contribution in [2.45, 2.75) is 32.2 Å². The summed E-state index contributed by atoms with van der Waals surface area (Å²) in [5.41, 5.74) is 2.67. The minimum absolute atomic E-state index is 0.306. The van der Waals surface area contributed by atoms with E-state index in [9.17, 15) is 9.18 Å². The van der Waals surface area contributed by atoms with Crippen LogP contribution in [0.25, 0.3) is 15.9 Å². The Balaban J connectivity index is 0.000000151. The van der Waals surface area contributed by atoms with E-state index in [1.165, 1.54) is 49.8 Å². The summed E-state index contributed by atoms with van der Waals surface area (Å²) in [5.74, 6) is 0.760. The molecule has 7 rings (SSSR count). The predicted molar refractivity (Wildman–Crippen MR) is 138 cm³/mol. The van der Waals surface area contributed by atoms with Crippen LogP contribution in [0.4, 0.5) is 15.9 Å². The van der Waals surface area contributed by atoms with Crippen LogP contribution in [0, 0.1) is 18.2 Å². The Morgan fingerprint density at radius 1 is 1.20 bits per heavy atom. The van der Waals surface area contributed by atoms with E-state index in [4.69, 9.17) is 4.98 Å². The summed E-state index contributed by atoms with van der Waals surface area (Å²) < 4.78 is 15.0. The molecular formula is C26H29FN6OS. The van der Waals surface area contributed by atoms with E-state index in [2.05, 4.69) is 32.2 Å². The number of likely N-dealkylation sites (tertiary alicyclic amines) is 1. The highest BCUT2D eigenvalue weighted by molar-refractivity contribution is 7.20. The van der Waals surface area contributed by atoms with Crippen LogP contribution in [0.2, 0.25) is 0 Å². The lowest BCUT2D eigenvalue weighted by atomic mass is 9.94. The molecule has 4 aromatic heterocycles. The topological polar surface area (TPSA) is 65.8 Å². The third kappa shape index (κ3) is 4.27. The highest BCUT2D eigenvalue weighted by Gasteiger charge is 2.54. The van der Waals surface area contributed by atoms with E-state index in [-0.39, 0.29) is 5.82 Å². The maximum absolute atomic E-state index is 13.3. The minimum atomic E-state index is -0.306. The monoisotopic (exact) mass is 492 g/mol. The molecule has 6 heterocycles. The first-order valence-corrected chi connectivity index (χ1v) is 12.9. The molecule has 2 saturated heterocycles. The number of pyridine rings is 2. The second-order valence-corrected chi connectivity index (χ2v) is 11.1. The predicted octanol–water partition coefficient (Wildman–Crippen LogP) is 4.61. The highest BCUT2D eigenvalue weighted by Crippen LogP contribution is 2.53. The van der Waals surface area contributed by atoms with Gasteiger partial charge in [0.25, 0.3) is 0 Å². The number of nitrogens with zero attached hydrogens (tertiary/aromatic N) is 5. The molecule has 3 aliphatic rings. The molecule has 9 heteroatoms. The minimum Gasteiger partial charge on any atom is -0.387 e. The second kappa shape index (κ2) is 8.57. The largest absolute Gasteiger partial charge is 0.387 e. The average Bonchev–Trinajstić information content (AvgIpc) is 3.17. The van der Waals surface area contributed by atoms with Crippen LogP contribution in [0.1, 0.15) is 34.6 Å². The van der Waals surface area contributed by atoms with Gasteiger partial charge in [0.2, 0.25) is 0 Å². The number of hydrogen-bond donors (Lipinski definition) is 1. The average molecular weight is 493 g/mol. The molecule has 1 saturated carbocycles. The van der Waals surface area contributed by atoms with Crippen molar-refractivity contribution in [2.75, 3.05) is 43.4 Å². The molecule has 0 aromatic carbocycles. The Labute approximate surface area is 207 Å². The van der Waals surface area contributed by atoms with Crippen LogP contribution < -0.4 is 10.2 Å². The Bertz CT molecular complexity index is 1400. The molecule has 3 fully saturated rings. The van der Waals surface area contributed by atoms with Gasteiger partial charge in [0.05, 0.1) is 16.3 Å². The molecule has 1 N–H and O–H groups in total. The first kappa shape index (κ1) is 22.4. The van der Waals surface area contributed by atoms with Crippen molar-refractivity contribution >= 4 is 45.0 Å². The zero-order valence-electron chi connectivity index (χ0n) is 20.0. The van der Waals surface area contributed by atoms with Gasteiger partial charge >= 0.3 is 0 Å². The van der Waals surface area contributed by atoms with Crippen molar-refractivity contribution in [1.82, 2.24) is 19.3 Å². The van der Waals surface area contributed by atoms with Gasteiger partial charge in [-0.25, -0.2) is 14.4 Å². The molecule has 4 aromatic rings. The summed E-state index contributed by atoms with van der Waals surface area (Å²) in [6, 6.07) is 8.26. The summed E-state index contributed by atoms with van der Waals surface area (Å²) in [4.78, 5) is 26.5. The number of imidazole rings is 1. The molecule has 1 unspecified atom stereocenters. The SMILES string of the molecule is CNc1cc(F)c2nc(C)cn2c1.O=Cc1cc2ccc(N3CCC(N4CC5(CC5)C4)C3)nc2s1. The Morgan fingerprint density at radius 2 is 2.03 bits per heavy atom. The Hall–Kier alpha value is -3.04. The molecule has 0 amide bonds. The summed E-state index contributed by atoms with van der Waals surface area (Å²) in [6.45, 7) is 6.68. The fourth-order valence-electron chi connectivity index (χ4n) is 5.29. The number of thiophene rings is 1. The molecule has 1 atom stereocenters. The number of aldehydes is 1. The van der Waals surface area contributed by atoms with Gasteiger partial charge in [-0.3, -0.25) is 9.69 Å². The molecule has 0 radical (unpaired) electrons. The first-order chi connectivity index (χ1) is 16.9. The lowest BCUT2D eigenvalue weighted by Crippen LogP contribution is -2.54. The van der Waals surface area contributed by atoms with Gasteiger partial charge < -0.3 is 14.6 Å². The maximum Gasteiger partial charge on any atom is 0.173 e. The number of nitrogens with one attached hydrogen (secondary N) is 1. The van der Waals surface area contributed by atoms with E-state index in [1.807, 2.05) is 13.0 Å². The van der Waals surface area contributed by atoms with Gasteiger partial charge in [0, 0.05) is 63.1 Å². The highest BCUT2D eigenvalue weighted by atomic mass is 32.1. The van der Waals surface area contributed by atoms with Crippen LogP contribution in [-0.4, -0.2) is 64.8 Å². The summed E-state index contributed by atoms with van der Waals surface area (Å²) in [5, 5.41) is 3.95. The van der Waals surface area contributed by atoms with Crippen molar-refractivity contribution in [3.8, 4) is 0 Å². The zero-order chi connectivity index (χ0) is 24.2. The number of fused-ring (bicyclic) bond motifs is 2. The Kier molecular flexibility index (Phi) is 5.49. The molecule has 1 spiro atoms. The molecule has 0 bridgehead atoms. The fraction of sp³-hybridized carbons (Fsp3) is 0.423. The molecule has 1 aliphatic carbocycles. The number of aryl methyl sites for hydroxylation is 1. The molecule has 7 nitrogen and oxygen atoms in total. The van der Waals surface area contributed by atoms with Crippen LogP contribution in [0.5, 0.6) is 0 Å². The number of halogens is 1. The third-order valence-electron chi connectivity index (χ3n) is 7.46. The maximum atomic E-state index is 13.3. The number of hydrogen-bond acceptors (Lipinski definition) is 7. The normalized spacial score (nSPS) is 20.7. The number of aromatic nitrogens is 3. The summed E-state index contributed by atoms with van der Waals surface area (Å²) in [6.07, 6.45) is 8.66. The van der Waals surface area contributed by atoms with Crippen molar-refractivity contribution < 1.29 is 9.18 Å². The van der Waals surface area contributed by atoms with Gasteiger partial charge in [-0.15, -0.1) is 11.3 Å². The van der Waals surface area contributed by atoms with E-state index < -0.39 is 0 Å². The number of anilines is 2. The quantitative estimate of drug-likeness (QED) is 0.420. The third-order valence-corrected chi connectivity index (χ3v) is 8.43. The lowest BCUT2D eigenvalue weighted by molar-refractivity contribution is 0.0447. The fourth-order valence-corrected chi connectivity index (χ4v) is 6.13. The number of rotatable bonds is 4. The number of carbonyl (C=O) groups excluding carboxylic acids is 1. The van der Waals surface area contributed by atoms with Gasteiger partial charge in [-0.05, 0) is 49.8 Å². The van der Waals surface area contributed by atoms with Crippen molar-refractivity contribution in [3.05, 3.63) is 53.0 Å². The first-order valence-electron chi connectivity index (χ1n) is 12.1. The van der Waals surface area contributed by atoms with Gasteiger partial charge in [0.1, 0.15) is 10.6 Å². The van der Waals surface area contributed by atoms with Gasteiger partial charge in [-0.2, -0.15) is 0 Å². The van der Waals surface area contributed by atoms with E-state index in [0.29, 0.717) is 11.7 Å². The molecular weight excluding hydrogens is 463 g/mol. The van der Waals surface area contributed by atoms with Crippen molar-refractivity contribution in [3.63, 3.8) is 0 Å². The second-order valence-electron chi connectivity index (χ2n) is 10.1. The van der Waals surface area contributed by atoms with E-state index in [1.54, 1.807) is 23.8 Å². The van der Waals surface area contributed by atoms with Crippen LogP contribution >= 0.6 is 11.3 Å². The van der Waals surface area contributed by atoms with Crippen molar-refractivity contribution in [2.24, 2.45) is 5.41 Å². The zero-order valence-corrected chi connectivity index (χ0v) is 20.8. The summed E-state index contributed by atoms with van der Waals surface area (Å²) in [7, 11) is 1.75. The van der Waals surface area contributed by atoms with Crippen molar-refractivity contribution in [1.29, 1.82) is 0 Å². The van der Waals surface area contributed by atoms with Crippen LogP contribution in [0.3, 0.4) is 0 Å². The van der Waals surface area contributed by atoms with Crippen LogP contribution in [0.15, 0.2) is 36.7 Å². The smallest absolute Gasteiger partial charge is 0.173 e. The van der Waals surface area contributed by atoms with Gasteiger partial charge in [0.15, 0.2) is 17.8 Å².